The molecule has 4 aliphatic carbocycles. The first-order valence-electron chi connectivity index (χ1n) is 12.6. The number of nitrogens with two attached hydrogens (primary N) is 1. The smallest absolute Gasteiger partial charge is 0.332 e. The molecule has 2 saturated carbocycles. The number of hydrogen-bond acceptors (Lipinski definition) is 5. The number of nitrogens with one attached hydrogen (secondary N) is 2. The molecular formula is C27H32ClN5OS. The fourth-order valence-electron chi connectivity index (χ4n) is 7.68. The lowest BCUT2D eigenvalue weighted by molar-refractivity contribution is 0.0116. The number of hydrazone groups is 1. The van der Waals surface area contributed by atoms with E-state index in [4.69, 9.17) is 22.3 Å². The summed E-state index contributed by atoms with van der Waals surface area (Å²) < 4.78 is 0. The molecule has 0 unspecified atom stereocenters. The molecule has 0 bridgehead atoms. The second kappa shape index (κ2) is 8.34. The molecule has 0 saturated heterocycles. The minimum Gasteiger partial charge on any atom is -0.350 e. The Morgan fingerprint density at radius 1 is 1.14 bits per heavy atom. The van der Waals surface area contributed by atoms with Crippen molar-refractivity contribution in [2.45, 2.75) is 58.8 Å². The van der Waals surface area contributed by atoms with Crippen molar-refractivity contribution in [2.24, 2.45) is 39.4 Å². The van der Waals surface area contributed by atoms with E-state index >= 15 is 0 Å². The van der Waals surface area contributed by atoms with Crippen LogP contribution in [0, 0.1) is 28.6 Å². The Morgan fingerprint density at radius 3 is 2.69 bits per heavy atom. The van der Waals surface area contributed by atoms with Gasteiger partial charge in [-0.2, -0.15) is 5.10 Å². The standard InChI is InChI=1S/C27H32ClN5OS/c1-26-14-12-21-23(35-25(31-21)30-16-5-3-15(28)4-6-16)20(26)8-7-17-18-9-10-22(32-33-24(29)34)27(18,2)13-11-19(17)26/h3-6,8,17-19H,7,9-14H2,1-2H3,(H,30,31)(H3,29,33,34)/b32-22+/t17-,18-,19-,26+,27-/m0/s1. The molecule has 6 nitrogen and oxygen atoms in total. The number of anilines is 2. The summed E-state index contributed by atoms with van der Waals surface area (Å²) in [5.74, 6) is 1.94. The average molecular weight is 510 g/mol. The Labute approximate surface area is 215 Å². The highest BCUT2D eigenvalue weighted by atomic mass is 35.5. The molecule has 0 radical (unpaired) electrons. The number of nitrogens with zero attached hydrogens (tertiary/aromatic N) is 2. The number of amides is 2. The summed E-state index contributed by atoms with van der Waals surface area (Å²) in [6.07, 6.45) is 10.3. The van der Waals surface area contributed by atoms with Crippen LogP contribution in [0.25, 0.3) is 5.57 Å². The topological polar surface area (TPSA) is 92.4 Å². The van der Waals surface area contributed by atoms with E-state index in [2.05, 4.69) is 35.8 Å². The number of rotatable bonds is 3. The van der Waals surface area contributed by atoms with Gasteiger partial charge in [-0.15, -0.1) is 0 Å². The number of halogens is 1. The number of carbonyl (C=O) groups excluding carboxylic acids is 1. The zero-order valence-corrected chi connectivity index (χ0v) is 21.8. The summed E-state index contributed by atoms with van der Waals surface area (Å²) in [6, 6.07) is 7.21. The predicted molar refractivity (Wildman–Crippen MR) is 143 cm³/mol. The Morgan fingerprint density at radius 2 is 1.91 bits per heavy atom. The Balaban J connectivity index is 1.28. The molecule has 0 aliphatic heterocycles. The van der Waals surface area contributed by atoms with Crippen LogP contribution in [0.15, 0.2) is 35.4 Å². The highest BCUT2D eigenvalue weighted by Gasteiger charge is 2.58. The highest BCUT2D eigenvalue weighted by molar-refractivity contribution is 7.16. The molecule has 2 fully saturated rings. The third-order valence-corrected chi connectivity index (χ3v) is 10.7. The second-order valence-electron chi connectivity index (χ2n) is 11.1. The molecule has 8 heteroatoms. The fraction of sp³-hybridized carbons (Fsp3) is 0.519. The molecular weight excluding hydrogens is 478 g/mol. The SMILES string of the molecule is C[C@]12CCc3nc(Nc4ccc(Cl)cc4)sc3C1=CC[C@@H]1[C@@H]2CC[C@]2(C)/C(=N/NC(N)=O)CC[C@@H]12. The lowest BCUT2D eigenvalue weighted by atomic mass is 9.48. The van der Waals surface area contributed by atoms with Gasteiger partial charge in [0.1, 0.15) is 0 Å². The number of aromatic nitrogens is 1. The van der Waals surface area contributed by atoms with Crippen LogP contribution in [0.3, 0.4) is 0 Å². The number of fused-ring (bicyclic) bond motifs is 7. The lowest BCUT2D eigenvalue weighted by Gasteiger charge is -2.56. The summed E-state index contributed by atoms with van der Waals surface area (Å²) in [5, 5.41) is 9.62. The van der Waals surface area contributed by atoms with Crippen molar-refractivity contribution in [3.8, 4) is 0 Å². The predicted octanol–water partition coefficient (Wildman–Crippen LogP) is 6.75. The van der Waals surface area contributed by atoms with Crippen LogP contribution >= 0.6 is 22.9 Å². The van der Waals surface area contributed by atoms with Gasteiger partial charge in [-0.25, -0.2) is 15.2 Å². The van der Waals surface area contributed by atoms with E-state index in [1.165, 1.54) is 22.6 Å². The van der Waals surface area contributed by atoms with Gasteiger partial charge in [0.15, 0.2) is 5.13 Å². The lowest BCUT2D eigenvalue weighted by Crippen LogP contribution is -2.49. The molecule has 4 N–H and O–H groups in total. The molecule has 5 atom stereocenters. The Kier molecular flexibility index (Phi) is 5.49. The molecule has 1 aromatic carbocycles. The molecule has 184 valence electrons. The molecule has 1 heterocycles. The van der Waals surface area contributed by atoms with E-state index in [0.29, 0.717) is 17.8 Å². The summed E-state index contributed by atoms with van der Waals surface area (Å²) in [5.41, 5.74) is 12.9. The van der Waals surface area contributed by atoms with Crippen molar-refractivity contribution in [2.75, 3.05) is 5.32 Å². The number of primary amides is 1. The number of benzene rings is 1. The molecule has 2 amide bonds. The summed E-state index contributed by atoms with van der Waals surface area (Å²) in [7, 11) is 0. The summed E-state index contributed by atoms with van der Waals surface area (Å²) in [6.45, 7) is 4.87. The van der Waals surface area contributed by atoms with Crippen LogP contribution in [-0.4, -0.2) is 16.7 Å². The van der Waals surface area contributed by atoms with Crippen molar-refractivity contribution in [1.82, 2.24) is 10.4 Å². The van der Waals surface area contributed by atoms with Crippen molar-refractivity contribution in [1.29, 1.82) is 0 Å². The van der Waals surface area contributed by atoms with Crippen LogP contribution in [0.5, 0.6) is 0 Å². The van der Waals surface area contributed by atoms with Gasteiger partial charge >= 0.3 is 6.03 Å². The van der Waals surface area contributed by atoms with E-state index in [1.54, 1.807) is 11.3 Å². The van der Waals surface area contributed by atoms with E-state index in [-0.39, 0.29) is 10.8 Å². The molecule has 1 aromatic heterocycles. The molecule has 6 rings (SSSR count). The maximum atomic E-state index is 11.2. The first-order chi connectivity index (χ1) is 16.8. The third-order valence-electron chi connectivity index (χ3n) is 9.43. The van der Waals surface area contributed by atoms with Gasteiger partial charge < -0.3 is 11.1 Å². The number of hydrogen-bond donors (Lipinski definition) is 3. The number of urea groups is 1. The second-order valence-corrected chi connectivity index (χ2v) is 12.5. The molecule has 4 aliphatic rings. The van der Waals surface area contributed by atoms with Gasteiger partial charge in [-0.3, -0.25) is 0 Å². The number of aryl methyl sites for hydroxylation is 1. The highest BCUT2D eigenvalue weighted by Crippen LogP contribution is 2.65. The molecule has 2 aromatic rings. The maximum Gasteiger partial charge on any atom is 0.332 e. The fourth-order valence-corrected chi connectivity index (χ4v) is 9.02. The van der Waals surface area contributed by atoms with Crippen molar-refractivity contribution < 1.29 is 4.79 Å². The minimum atomic E-state index is -0.580. The zero-order valence-electron chi connectivity index (χ0n) is 20.2. The summed E-state index contributed by atoms with van der Waals surface area (Å²) in [4.78, 5) is 17.6. The normalized spacial score (nSPS) is 34.3. The quantitative estimate of drug-likeness (QED) is 0.399. The van der Waals surface area contributed by atoms with E-state index in [0.717, 1.165) is 60.1 Å². The van der Waals surface area contributed by atoms with Crippen molar-refractivity contribution in [3.05, 3.63) is 45.9 Å². The van der Waals surface area contributed by atoms with Gasteiger partial charge in [0.05, 0.1) is 10.6 Å². The molecule has 35 heavy (non-hydrogen) atoms. The summed E-state index contributed by atoms with van der Waals surface area (Å²) >= 11 is 7.84. The minimum absolute atomic E-state index is 0.0608. The monoisotopic (exact) mass is 509 g/mol. The van der Waals surface area contributed by atoms with Gasteiger partial charge in [0.25, 0.3) is 0 Å². The van der Waals surface area contributed by atoms with Crippen LogP contribution in [0.1, 0.15) is 62.9 Å². The van der Waals surface area contributed by atoms with Crippen molar-refractivity contribution in [3.63, 3.8) is 0 Å². The van der Waals surface area contributed by atoms with E-state index < -0.39 is 6.03 Å². The largest absolute Gasteiger partial charge is 0.350 e. The zero-order chi connectivity index (χ0) is 24.4. The average Bonchev–Trinajstić information content (AvgIpc) is 3.39. The number of thiazole rings is 1. The van der Waals surface area contributed by atoms with E-state index in [1.807, 2.05) is 24.3 Å². The van der Waals surface area contributed by atoms with Crippen LogP contribution < -0.4 is 16.5 Å². The van der Waals surface area contributed by atoms with Crippen LogP contribution in [0.4, 0.5) is 15.6 Å². The van der Waals surface area contributed by atoms with Crippen LogP contribution in [-0.2, 0) is 6.42 Å². The maximum absolute atomic E-state index is 11.2. The van der Waals surface area contributed by atoms with E-state index in [9.17, 15) is 4.79 Å². The Bertz CT molecular complexity index is 1240. The Hall–Kier alpha value is -2.38. The van der Waals surface area contributed by atoms with Crippen molar-refractivity contribution >= 4 is 51.1 Å². The number of allylic oxidation sites excluding steroid dienone is 2. The van der Waals surface area contributed by atoms with Gasteiger partial charge in [0, 0.05) is 21.8 Å². The first-order valence-corrected chi connectivity index (χ1v) is 13.8. The third kappa shape index (κ3) is 3.70. The van der Waals surface area contributed by atoms with Gasteiger partial charge in [-0.1, -0.05) is 42.9 Å². The first kappa shape index (κ1) is 23.0. The molecule has 0 spiro atoms. The van der Waals surface area contributed by atoms with Gasteiger partial charge in [0.2, 0.25) is 0 Å². The van der Waals surface area contributed by atoms with Gasteiger partial charge in [-0.05, 0) is 98.0 Å². The number of carbonyl (C=O) groups is 1. The van der Waals surface area contributed by atoms with Crippen LogP contribution in [0.2, 0.25) is 5.02 Å².